The number of hydrogen-bond acceptors (Lipinski definition) is 5. The first kappa shape index (κ1) is 27.1. The Hall–Kier alpha value is -3.99. The number of fused-ring (bicyclic) bond motifs is 1. The molecule has 38 heavy (non-hydrogen) atoms. The van der Waals surface area contributed by atoms with E-state index in [9.17, 15) is 23.2 Å². The monoisotopic (exact) mass is 544 g/mol. The predicted octanol–water partition coefficient (Wildman–Crippen LogP) is 2.73. The van der Waals surface area contributed by atoms with E-state index in [1.165, 1.54) is 24.0 Å². The van der Waals surface area contributed by atoms with Crippen molar-refractivity contribution in [2.75, 3.05) is 13.6 Å². The minimum absolute atomic E-state index is 0.0794. The van der Waals surface area contributed by atoms with E-state index in [2.05, 4.69) is 15.8 Å². The van der Waals surface area contributed by atoms with Crippen LogP contribution in [0.15, 0.2) is 47.7 Å². The number of likely N-dealkylation sites (tertiary alicyclic amines) is 1. The Bertz CT molecular complexity index is 1440. The van der Waals surface area contributed by atoms with Gasteiger partial charge in [-0.25, -0.2) is 8.78 Å². The standard InChI is InChI=1S/C26H27ClF2N6O3/c1-14(36)19-12-34(21-8-15(6-7-18(19)21)25(30)33-31-2)13-23(37)35-11-17(28)9-22(35)26(38)32-10-16-4-3-5-20(27)24(16)29/h3-8,12,17,22,31H,9-11,13H2,1-2H3,(H2,30,33)(H,32,38)/t17-,22+/m1/s1. The van der Waals surface area contributed by atoms with Crippen LogP contribution in [-0.2, 0) is 22.7 Å². The first-order chi connectivity index (χ1) is 18.1. The quantitative estimate of drug-likeness (QED) is 0.174. The van der Waals surface area contributed by atoms with E-state index in [-0.39, 0.29) is 48.3 Å². The Morgan fingerprint density at radius 3 is 2.71 bits per heavy atom. The summed E-state index contributed by atoms with van der Waals surface area (Å²) in [6, 6.07) is 8.49. The number of halogens is 3. The zero-order valence-electron chi connectivity index (χ0n) is 20.8. The van der Waals surface area contributed by atoms with Crippen molar-refractivity contribution in [2.24, 2.45) is 10.8 Å². The van der Waals surface area contributed by atoms with Crippen LogP contribution in [0.25, 0.3) is 10.9 Å². The van der Waals surface area contributed by atoms with Crippen molar-refractivity contribution >= 4 is 45.9 Å². The number of nitrogens with two attached hydrogens (primary N) is 1. The highest BCUT2D eigenvalue weighted by atomic mass is 35.5. The van der Waals surface area contributed by atoms with Gasteiger partial charge in [0.25, 0.3) is 0 Å². The van der Waals surface area contributed by atoms with Gasteiger partial charge in [0.15, 0.2) is 11.6 Å². The van der Waals surface area contributed by atoms with Crippen LogP contribution in [0.2, 0.25) is 5.02 Å². The van der Waals surface area contributed by atoms with Gasteiger partial charge in [0, 0.05) is 53.8 Å². The van der Waals surface area contributed by atoms with Crippen molar-refractivity contribution in [3.63, 3.8) is 0 Å². The van der Waals surface area contributed by atoms with E-state index in [1.54, 1.807) is 42.1 Å². The Kier molecular flexibility index (Phi) is 7.96. The maximum Gasteiger partial charge on any atom is 0.243 e. The molecule has 1 aromatic heterocycles. The lowest BCUT2D eigenvalue weighted by Crippen LogP contribution is -2.46. The summed E-state index contributed by atoms with van der Waals surface area (Å²) < 4.78 is 30.2. The van der Waals surface area contributed by atoms with Crippen LogP contribution >= 0.6 is 11.6 Å². The number of benzene rings is 2. The molecule has 0 saturated carbocycles. The second-order valence-corrected chi connectivity index (χ2v) is 9.41. The van der Waals surface area contributed by atoms with Crippen molar-refractivity contribution in [1.29, 1.82) is 0 Å². The summed E-state index contributed by atoms with van der Waals surface area (Å²) in [5.74, 6) is -1.74. The lowest BCUT2D eigenvalue weighted by molar-refractivity contribution is -0.139. The van der Waals surface area contributed by atoms with E-state index in [1.807, 2.05) is 0 Å². The lowest BCUT2D eigenvalue weighted by atomic mass is 10.1. The Morgan fingerprint density at radius 1 is 1.24 bits per heavy atom. The maximum atomic E-state index is 14.4. The normalized spacial score (nSPS) is 17.6. The number of carbonyl (C=O) groups excluding carboxylic acids is 3. The summed E-state index contributed by atoms with van der Waals surface area (Å²) in [6.45, 7) is 0.760. The molecule has 2 atom stereocenters. The van der Waals surface area contributed by atoms with E-state index in [0.717, 1.165) is 0 Å². The van der Waals surface area contributed by atoms with E-state index >= 15 is 0 Å². The van der Waals surface area contributed by atoms with Crippen LogP contribution in [0.3, 0.4) is 0 Å². The van der Waals surface area contributed by atoms with Gasteiger partial charge in [-0.2, -0.15) is 5.10 Å². The minimum atomic E-state index is -1.39. The number of hydrogen-bond donors (Lipinski definition) is 3. The summed E-state index contributed by atoms with van der Waals surface area (Å²) >= 11 is 5.79. The number of rotatable bonds is 8. The molecule has 0 bridgehead atoms. The number of Topliss-reactive ketones (excluding diaryl/α,β-unsaturated/α-hetero) is 1. The summed E-state index contributed by atoms with van der Waals surface area (Å²) in [7, 11) is 1.60. The molecule has 12 heteroatoms. The molecule has 2 heterocycles. The summed E-state index contributed by atoms with van der Waals surface area (Å²) in [5.41, 5.74) is 10.3. The van der Waals surface area contributed by atoms with Crippen molar-refractivity contribution in [3.8, 4) is 0 Å². The summed E-state index contributed by atoms with van der Waals surface area (Å²) in [6.07, 6.45) is -0.0157. The highest BCUT2D eigenvalue weighted by molar-refractivity contribution is 6.30. The molecule has 1 aliphatic heterocycles. The zero-order valence-corrected chi connectivity index (χ0v) is 21.6. The number of nitrogens with one attached hydrogen (secondary N) is 2. The van der Waals surface area contributed by atoms with Gasteiger partial charge in [-0.3, -0.25) is 14.4 Å². The van der Waals surface area contributed by atoms with Gasteiger partial charge in [-0.15, -0.1) is 0 Å². The van der Waals surface area contributed by atoms with Crippen LogP contribution in [0.1, 0.15) is 34.8 Å². The maximum absolute atomic E-state index is 14.4. The number of amides is 2. The number of nitrogens with zero attached hydrogens (tertiary/aromatic N) is 3. The number of alkyl halides is 1. The topological polar surface area (TPSA) is 122 Å². The summed E-state index contributed by atoms with van der Waals surface area (Å²) in [4.78, 5) is 39.7. The first-order valence-electron chi connectivity index (χ1n) is 11.9. The molecule has 0 unspecified atom stereocenters. The van der Waals surface area contributed by atoms with Gasteiger partial charge >= 0.3 is 0 Å². The molecular weight excluding hydrogens is 518 g/mol. The largest absolute Gasteiger partial charge is 0.382 e. The molecule has 1 aliphatic rings. The molecule has 0 radical (unpaired) electrons. The SMILES string of the molecule is CN/N=C(\N)c1ccc2c(C(C)=O)cn(CC(=O)N3C[C@H](F)C[C@H]3C(=O)NCc3cccc(Cl)c3F)c2c1. The molecule has 4 N–H and O–H groups in total. The Morgan fingerprint density at radius 2 is 2.00 bits per heavy atom. The van der Waals surface area contributed by atoms with Gasteiger partial charge in [0.1, 0.15) is 24.6 Å². The molecule has 9 nitrogen and oxygen atoms in total. The number of carbonyl (C=O) groups is 3. The van der Waals surface area contributed by atoms with Crippen LogP contribution in [-0.4, -0.2) is 58.7 Å². The van der Waals surface area contributed by atoms with Crippen molar-refractivity contribution in [2.45, 2.75) is 38.6 Å². The van der Waals surface area contributed by atoms with Crippen molar-refractivity contribution in [1.82, 2.24) is 20.2 Å². The van der Waals surface area contributed by atoms with Crippen LogP contribution in [0.4, 0.5) is 8.78 Å². The first-order valence-corrected chi connectivity index (χ1v) is 12.3. The number of amidine groups is 1. The van der Waals surface area contributed by atoms with Crippen LogP contribution < -0.4 is 16.5 Å². The van der Waals surface area contributed by atoms with Crippen LogP contribution in [0.5, 0.6) is 0 Å². The Labute approximate surface area is 222 Å². The Balaban J connectivity index is 1.57. The molecule has 0 spiro atoms. The third-order valence-electron chi connectivity index (χ3n) is 6.45. The fourth-order valence-corrected chi connectivity index (χ4v) is 4.77. The zero-order chi connectivity index (χ0) is 27.6. The fraction of sp³-hybridized carbons (Fsp3) is 0.308. The molecule has 3 aromatic rings. The van der Waals surface area contributed by atoms with Crippen LogP contribution in [0, 0.1) is 5.82 Å². The molecule has 2 amide bonds. The number of aromatic nitrogens is 1. The number of hydrazone groups is 1. The molecule has 200 valence electrons. The minimum Gasteiger partial charge on any atom is -0.382 e. The predicted molar refractivity (Wildman–Crippen MR) is 140 cm³/mol. The van der Waals surface area contributed by atoms with E-state index < -0.39 is 29.8 Å². The highest BCUT2D eigenvalue weighted by Gasteiger charge is 2.39. The molecule has 2 aromatic carbocycles. The van der Waals surface area contributed by atoms with E-state index in [0.29, 0.717) is 22.0 Å². The smallest absolute Gasteiger partial charge is 0.243 e. The average Bonchev–Trinajstić information content (AvgIpc) is 3.45. The van der Waals surface area contributed by atoms with E-state index in [4.69, 9.17) is 17.3 Å². The molecule has 1 fully saturated rings. The second-order valence-electron chi connectivity index (χ2n) is 9.01. The average molecular weight is 545 g/mol. The molecule has 1 saturated heterocycles. The summed E-state index contributed by atoms with van der Waals surface area (Å²) in [5, 5.41) is 7.08. The highest BCUT2D eigenvalue weighted by Crippen LogP contribution is 2.26. The third-order valence-corrected chi connectivity index (χ3v) is 6.74. The van der Waals surface area contributed by atoms with Gasteiger partial charge in [0.2, 0.25) is 11.8 Å². The third kappa shape index (κ3) is 5.47. The van der Waals surface area contributed by atoms with Crippen molar-refractivity contribution < 1.29 is 23.2 Å². The fourth-order valence-electron chi connectivity index (χ4n) is 4.58. The molecule has 0 aliphatic carbocycles. The molecule has 4 rings (SSSR count). The molecular formula is C26H27ClF2N6O3. The van der Waals surface area contributed by atoms with Gasteiger partial charge in [-0.05, 0) is 19.1 Å². The van der Waals surface area contributed by atoms with Gasteiger partial charge in [0.05, 0.1) is 11.6 Å². The second kappa shape index (κ2) is 11.2. The van der Waals surface area contributed by atoms with Gasteiger partial charge < -0.3 is 25.9 Å². The lowest BCUT2D eigenvalue weighted by Gasteiger charge is -2.24. The number of ketones is 1. The van der Waals surface area contributed by atoms with Crippen molar-refractivity contribution in [3.05, 3.63) is 70.1 Å². The van der Waals surface area contributed by atoms with Gasteiger partial charge in [-0.1, -0.05) is 35.9 Å².